The summed E-state index contributed by atoms with van der Waals surface area (Å²) in [4.78, 5) is 25.8. The van der Waals surface area contributed by atoms with Crippen LogP contribution in [0.15, 0.2) is 33.8 Å². The second-order valence-electron chi connectivity index (χ2n) is 4.96. The average molecular weight is 379 g/mol. The van der Waals surface area contributed by atoms with Crippen LogP contribution in [-0.2, 0) is 11.3 Å². The highest BCUT2D eigenvalue weighted by Gasteiger charge is 2.33. The molecule has 22 heavy (non-hydrogen) atoms. The van der Waals surface area contributed by atoms with Gasteiger partial charge in [0.2, 0.25) is 0 Å². The molecule has 0 N–H and O–H groups in total. The van der Waals surface area contributed by atoms with Crippen LogP contribution in [0.3, 0.4) is 0 Å². The Morgan fingerprint density at radius 1 is 1.23 bits per heavy atom. The lowest BCUT2D eigenvalue weighted by atomic mass is 10.1. The van der Waals surface area contributed by atoms with Crippen molar-refractivity contribution in [3.63, 3.8) is 0 Å². The predicted octanol–water partition coefficient (Wildman–Crippen LogP) is 4.48. The van der Waals surface area contributed by atoms with Gasteiger partial charge in [0.25, 0.3) is 11.1 Å². The average Bonchev–Trinajstić information content (AvgIpc) is 2.97. The number of rotatable bonds is 3. The van der Waals surface area contributed by atoms with Crippen molar-refractivity contribution in [2.75, 3.05) is 6.54 Å². The van der Waals surface area contributed by atoms with Crippen LogP contribution >= 0.6 is 27.7 Å². The topological polar surface area (TPSA) is 42.3 Å². The fourth-order valence-corrected chi connectivity index (χ4v) is 3.84. The van der Waals surface area contributed by atoms with E-state index < -0.39 is 0 Å². The van der Waals surface area contributed by atoms with E-state index in [1.807, 2.05) is 24.4 Å². The molecule has 2 aromatic rings. The number of likely N-dealkylation sites (N-methyl/N-ethyl adjacent to an activating group) is 1. The zero-order valence-corrected chi connectivity index (χ0v) is 14.7. The minimum absolute atomic E-state index is 0.195. The van der Waals surface area contributed by atoms with Crippen LogP contribution in [0.2, 0.25) is 0 Å². The molecule has 0 radical (unpaired) electrons. The zero-order chi connectivity index (χ0) is 15.9. The normalized spacial score (nSPS) is 17.2. The highest BCUT2D eigenvalue weighted by molar-refractivity contribution is 9.10. The van der Waals surface area contributed by atoms with Crippen molar-refractivity contribution in [3.05, 3.63) is 39.3 Å². The summed E-state index contributed by atoms with van der Waals surface area (Å²) in [5.74, 6) is -0.204. The van der Waals surface area contributed by atoms with Crippen molar-refractivity contribution < 1.29 is 9.59 Å². The number of fused-ring (bicyclic) bond motifs is 1. The summed E-state index contributed by atoms with van der Waals surface area (Å²) in [6.45, 7) is 5.14. The highest BCUT2D eigenvalue weighted by atomic mass is 79.9. The molecule has 1 aliphatic rings. The Balaban J connectivity index is 2.11. The number of hydrogen-bond donors (Lipinski definition) is 0. The molecule has 0 saturated carbocycles. The fraction of sp³-hybridized carbons (Fsp3) is 0.250. The number of hydrogen-bond acceptors (Lipinski definition) is 3. The summed E-state index contributed by atoms with van der Waals surface area (Å²) in [5.41, 5.74) is 2.08. The predicted molar refractivity (Wildman–Crippen MR) is 93.7 cm³/mol. The Labute approximate surface area is 141 Å². The van der Waals surface area contributed by atoms with E-state index in [0.29, 0.717) is 11.4 Å². The molecule has 1 aromatic heterocycles. The molecule has 0 bridgehead atoms. The van der Waals surface area contributed by atoms with E-state index >= 15 is 0 Å². The van der Waals surface area contributed by atoms with E-state index in [9.17, 15) is 9.59 Å². The maximum Gasteiger partial charge on any atom is 0.293 e. The molecule has 0 unspecified atom stereocenters. The summed E-state index contributed by atoms with van der Waals surface area (Å²) in [5, 5.41) is 0.874. The van der Waals surface area contributed by atoms with Crippen molar-refractivity contribution in [2.24, 2.45) is 0 Å². The van der Waals surface area contributed by atoms with Crippen LogP contribution in [0.4, 0.5) is 4.79 Å². The molecule has 2 amide bonds. The largest absolute Gasteiger partial charge is 0.347 e. The number of aryl methyl sites for hydroxylation is 1. The summed E-state index contributed by atoms with van der Waals surface area (Å²) in [6, 6.07) is 6.10. The van der Waals surface area contributed by atoms with Crippen molar-refractivity contribution in [1.29, 1.82) is 0 Å². The Kier molecular flexibility index (Phi) is 4.14. The van der Waals surface area contributed by atoms with E-state index in [4.69, 9.17) is 0 Å². The molecule has 2 heterocycles. The molecule has 0 spiro atoms. The minimum Gasteiger partial charge on any atom is -0.347 e. The lowest BCUT2D eigenvalue weighted by Gasteiger charge is -2.06. The number of amides is 2. The molecule has 1 aliphatic heterocycles. The Hall–Kier alpha value is -1.53. The molecule has 3 rings (SSSR count). The first-order valence-electron chi connectivity index (χ1n) is 7.09. The second-order valence-corrected chi connectivity index (χ2v) is 6.87. The standard InChI is InChI=1S/C16H15BrN2O2S/c1-3-18-9-10(12-8-11(17)5-6-13(12)18)7-14-15(20)19(4-2)16(21)22-14/h5-9H,3-4H2,1-2H3. The Morgan fingerprint density at radius 2 is 2.00 bits per heavy atom. The zero-order valence-electron chi connectivity index (χ0n) is 12.3. The van der Waals surface area contributed by atoms with Crippen molar-refractivity contribution >= 4 is 55.8 Å². The van der Waals surface area contributed by atoms with Crippen LogP contribution in [0, 0.1) is 0 Å². The van der Waals surface area contributed by atoms with Crippen LogP contribution in [0.1, 0.15) is 19.4 Å². The third-order valence-electron chi connectivity index (χ3n) is 3.69. The van der Waals surface area contributed by atoms with Crippen molar-refractivity contribution in [1.82, 2.24) is 9.47 Å². The summed E-state index contributed by atoms with van der Waals surface area (Å²) in [6.07, 6.45) is 3.85. The molecule has 6 heteroatoms. The van der Waals surface area contributed by atoms with Crippen LogP contribution in [-0.4, -0.2) is 27.2 Å². The van der Waals surface area contributed by atoms with E-state index in [0.717, 1.165) is 39.2 Å². The number of imide groups is 1. The van der Waals surface area contributed by atoms with Gasteiger partial charge in [-0.1, -0.05) is 15.9 Å². The van der Waals surface area contributed by atoms with Gasteiger partial charge in [-0.05, 0) is 49.9 Å². The second kappa shape index (κ2) is 5.93. The number of benzene rings is 1. The molecule has 1 aromatic carbocycles. The van der Waals surface area contributed by atoms with Gasteiger partial charge in [0.15, 0.2) is 0 Å². The smallest absolute Gasteiger partial charge is 0.293 e. The summed E-state index contributed by atoms with van der Waals surface area (Å²) < 4.78 is 3.13. The maximum atomic E-state index is 12.2. The van der Waals surface area contributed by atoms with Gasteiger partial charge in [0, 0.05) is 40.2 Å². The van der Waals surface area contributed by atoms with Gasteiger partial charge < -0.3 is 4.57 Å². The van der Waals surface area contributed by atoms with Crippen LogP contribution in [0.5, 0.6) is 0 Å². The van der Waals surface area contributed by atoms with Gasteiger partial charge in [-0.15, -0.1) is 0 Å². The lowest BCUT2D eigenvalue weighted by Crippen LogP contribution is -2.27. The van der Waals surface area contributed by atoms with Gasteiger partial charge in [-0.25, -0.2) is 0 Å². The van der Waals surface area contributed by atoms with E-state index in [2.05, 4.69) is 33.5 Å². The first-order valence-corrected chi connectivity index (χ1v) is 8.69. The van der Waals surface area contributed by atoms with Gasteiger partial charge in [0.05, 0.1) is 4.91 Å². The van der Waals surface area contributed by atoms with Crippen molar-refractivity contribution in [2.45, 2.75) is 20.4 Å². The molecule has 1 saturated heterocycles. The number of thioether (sulfide) groups is 1. The number of nitrogens with zero attached hydrogens (tertiary/aromatic N) is 2. The quantitative estimate of drug-likeness (QED) is 0.739. The fourth-order valence-electron chi connectivity index (χ4n) is 2.59. The first kappa shape index (κ1) is 15.4. The summed E-state index contributed by atoms with van der Waals surface area (Å²) in [7, 11) is 0. The van der Waals surface area contributed by atoms with Gasteiger partial charge >= 0.3 is 0 Å². The molecule has 114 valence electrons. The van der Waals surface area contributed by atoms with Gasteiger partial charge in [-0.3, -0.25) is 14.5 Å². The van der Waals surface area contributed by atoms with E-state index in [1.54, 1.807) is 6.92 Å². The number of halogens is 1. The van der Waals surface area contributed by atoms with Crippen molar-refractivity contribution in [3.8, 4) is 0 Å². The minimum atomic E-state index is -0.204. The highest BCUT2D eigenvalue weighted by Crippen LogP contribution is 2.34. The third-order valence-corrected chi connectivity index (χ3v) is 5.09. The molecular formula is C16H15BrN2O2S. The van der Waals surface area contributed by atoms with Gasteiger partial charge in [0.1, 0.15) is 0 Å². The molecule has 0 atom stereocenters. The third kappa shape index (κ3) is 2.50. The molecular weight excluding hydrogens is 364 g/mol. The maximum absolute atomic E-state index is 12.2. The number of aromatic nitrogens is 1. The van der Waals surface area contributed by atoms with E-state index in [-0.39, 0.29) is 11.1 Å². The van der Waals surface area contributed by atoms with E-state index in [1.165, 1.54) is 4.90 Å². The van der Waals surface area contributed by atoms with Crippen LogP contribution in [0.25, 0.3) is 17.0 Å². The molecule has 4 nitrogen and oxygen atoms in total. The summed E-state index contributed by atoms with van der Waals surface area (Å²) >= 11 is 4.50. The van der Waals surface area contributed by atoms with Crippen LogP contribution < -0.4 is 0 Å². The SMILES string of the molecule is CCN1C(=O)SC(=Cc2cn(CC)c3ccc(Br)cc23)C1=O. The monoisotopic (exact) mass is 378 g/mol. The number of carbonyl (C=O) groups is 2. The Morgan fingerprint density at radius 3 is 2.64 bits per heavy atom. The molecule has 1 fully saturated rings. The Bertz CT molecular complexity index is 810. The molecule has 0 aliphatic carbocycles. The lowest BCUT2D eigenvalue weighted by molar-refractivity contribution is -0.122. The van der Waals surface area contributed by atoms with Gasteiger partial charge in [-0.2, -0.15) is 0 Å². The first-order chi connectivity index (χ1) is 10.5. The number of carbonyl (C=O) groups excluding carboxylic acids is 2.